The molecule has 23 heavy (non-hydrogen) atoms. The second-order valence-corrected chi connectivity index (χ2v) is 5.89. The van der Waals surface area contributed by atoms with Crippen molar-refractivity contribution in [1.29, 1.82) is 0 Å². The number of amides is 2. The number of carbonyl (C=O) groups is 2. The molecule has 7 heteroatoms. The van der Waals surface area contributed by atoms with E-state index in [9.17, 15) is 9.59 Å². The summed E-state index contributed by atoms with van der Waals surface area (Å²) in [6.07, 6.45) is 0.0692. The van der Waals surface area contributed by atoms with Crippen LogP contribution in [0, 0.1) is 6.92 Å². The summed E-state index contributed by atoms with van der Waals surface area (Å²) in [4.78, 5) is 28.8. The van der Waals surface area contributed by atoms with Gasteiger partial charge in [-0.2, -0.15) is 4.99 Å². The number of aryl methyl sites for hydroxylation is 1. The van der Waals surface area contributed by atoms with Crippen LogP contribution in [-0.4, -0.2) is 28.8 Å². The molecule has 0 aromatic heterocycles. The van der Waals surface area contributed by atoms with Gasteiger partial charge in [-0.3, -0.25) is 20.3 Å². The van der Waals surface area contributed by atoms with Crippen LogP contribution < -0.4 is 16.1 Å². The molecule has 2 aliphatic rings. The van der Waals surface area contributed by atoms with Crippen molar-refractivity contribution in [2.45, 2.75) is 33.2 Å². The summed E-state index contributed by atoms with van der Waals surface area (Å²) < 4.78 is 0. The first kappa shape index (κ1) is 15.1. The Hall–Kier alpha value is -2.83. The smallest absolute Gasteiger partial charge is 0.249 e. The molecule has 1 aromatic rings. The van der Waals surface area contributed by atoms with Crippen LogP contribution in [0.1, 0.15) is 25.8 Å². The highest BCUT2D eigenvalue weighted by atomic mass is 16.2. The molecule has 2 aliphatic heterocycles. The maximum Gasteiger partial charge on any atom is 0.249 e. The normalized spacial score (nSPS) is 19.5. The van der Waals surface area contributed by atoms with Crippen molar-refractivity contribution in [1.82, 2.24) is 15.8 Å². The quantitative estimate of drug-likeness (QED) is 0.767. The Morgan fingerprint density at radius 3 is 2.87 bits per heavy atom. The highest BCUT2D eigenvalue weighted by Gasteiger charge is 2.39. The van der Waals surface area contributed by atoms with Gasteiger partial charge in [0, 0.05) is 5.69 Å². The van der Waals surface area contributed by atoms with E-state index >= 15 is 0 Å². The molecule has 2 amide bonds. The third kappa shape index (κ3) is 3.03. The van der Waals surface area contributed by atoms with Crippen molar-refractivity contribution in [3.05, 3.63) is 41.2 Å². The first-order chi connectivity index (χ1) is 10.9. The van der Waals surface area contributed by atoms with Crippen LogP contribution in [0.25, 0.3) is 0 Å². The maximum absolute atomic E-state index is 12.6. The lowest BCUT2D eigenvalue weighted by molar-refractivity contribution is -0.129. The Balaban J connectivity index is 1.81. The Kier molecular flexibility index (Phi) is 3.77. The van der Waals surface area contributed by atoms with E-state index in [0.29, 0.717) is 17.5 Å². The molecule has 3 rings (SSSR count). The van der Waals surface area contributed by atoms with Gasteiger partial charge in [0.15, 0.2) is 0 Å². The molecule has 0 aliphatic carbocycles. The van der Waals surface area contributed by atoms with E-state index < -0.39 is 6.04 Å². The van der Waals surface area contributed by atoms with Crippen molar-refractivity contribution in [3.63, 3.8) is 0 Å². The van der Waals surface area contributed by atoms with Gasteiger partial charge in [-0.1, -0.05) is 12.1 Å². The van der Waals surface area contributed by atoms with E-state index in [2.05, 4.69) is 21.1 Å². The maximum atomic E-state index is 12.6. The molecule has 0 bridgehead atoms. The standard InChI is InChI=1S/C16H19N5O2/c1-9(2)14-19-16-18-13(22)8-12(21(16)20-14)15(23)17-11-6-4-5-10(3)7-11/h4-7,12,20H,8H2,1-3H3,(H,17,23)(H,18,19,22)/t12-/m0/s1. The lowest BCUT2D eigenvalue weighted by Crippen LogP contribution is -2.61. The fourth-order valence-electron chi connectivity index (χ4n) is 2.49. The van der Waals surface area contributed by atoms with Crippen molar-refractivity contribution >= 4 is 23.5 Å². The minimum Gasteiger partial charge on any atom is -0.324 e. The molecule has 3 N–H and O–H groups in total. The van der Waals surface area contributed by atoms with E-state index in [1.165, 1.54) is 0 Å². The summed E-state index contributed by atoms with van der Waals surface area (Å²) in [6.45, 7) is 5.78. The molecule has 0 unspecified atom stereocenters. The monoisotopic (exact) mass is 313 g/mol. The first-order valence-electron chi connectivity index (χ1n) is 7.43. The zero-order valence-corrected chi connectivity index (χ0v) is 13.3. The van der Waals surface area contributed by atoms with Gasteiger partial charge in [-0.15, -0.1) is 0 Å². The van der Waals surface area contributed by atoms with Gasteiger partial charge in [0.25, 0.3) is 0 Å². The fraction of sp³-hybridized carbons (Fsp3) is 0.312. The Labute approximate surface area is 134 Å². The van der Waals surface area contributed by atoms with Gasteiger partial charge < -0.3 is 5.32 Å². The first-order valence-corrected chi connectivity index (χ1v) is 7.43. The Bertz CT molecular complexity index is 734. The van der Waals surface area contributed by atoms with Crippen LogP contribution in [0.5, 0.6) is 0 Å². The van der Waals surface area contributed by atoms with Crippen LogP contribution in [0.15, 0.2) is 40.7 Å². The van der Waals surface area contributed by atoms with E-state index in [1.807, 2.05) is 45.0 Å². The summed E-state index contributed by atoms with van der Waals surface area (Å²) >= 11 is 0. The zero-order chi connectivity index (χ0) is 16.6. The lowest BCUT2D eigenvalue weighted by atomic mass is 10.1. The van der Waals surface area contributed by atoms with Crippen LogP contribution in [-0.2, 0) is 9.59 Å². The molecule has 7 nitrogen and oxygen atoms in total. The van der Waals surface area contributed by atoms with Crippen LogP contribution in [0.3, 0.4) is 0 Å². The molecule has 0 saturated carbocycles. The van der Waals surface area contributed by atoms with E-state index in [-0.39, 0.29) is 18.2 Å². The van der Waals surface area contributed by atoms with Crippen molar-refractivity contribution in [2.75, 3.05) is 5.32 Å². The average Bonchev–Trinajstić information content (AvgIpc) is 2.90. The van der Waals surface area contributed by atoms with Gasteiger partial charge >= 0.3 is 0 Å². The number of aliphatic imine (C=N–C) groups is 1. The SMILES string of the molecule is CC(C)=C1N=C2NC(=O)C[C@@H](C(=O)Nc3cccc(C)c3)N2N1. The number of nitrogens with one attached hydrogen (secondary N) is 3. The molecule has 120 valence electrons. The summed E-state index contributed by atoms with van der Waals surface area (Å²) in [7, 11) is 0. The summed E-state index contributed by atoms with van der Waals surface area (Å²) in [6, 6.07) is 6.88. The van der Waals surface area contributed by atoms with Crippen LogP contribution in [0.4, 0.5) is 5.69 Å². The molecular formula is C16H19N5O2. The third-order valence-electron chi connectivity index (χ3n) is 3.68. The predicted octanol–water partition coefficient (Wildman–Crippen LogP) is 1.25. The van der Waals surface area contributed by atoms with Gasteiger partial charge in [0.05, 0.1) is 6.42 Å². The van der Waals surface area contributed by atoms with Gasteiger partial charge in [-0.25, -0.2) is 5.01 Å². The van der Waals surface area contributed by atoms with Gasteiger partial charge in [0.2, 0.25) is 17.8 Å². The van der Waals surface area contributed by atoms with Crippen LogP contribution in [0.2, 0.25) is 0 Å². The number of fused-ring (bicyclic) bond motifs is 1. The number of allylic oxidation sites excluding steroid dienone is 1. The van der Waals surface area contributed by atoms with Crippen molar-refractivity contribution in [2.24, 2.45) is 4.99 Å². The van der Waals surface area contributed by atoms with Crippen molar-refractivity contribution < 1.29 is 9.59 Å². The number of hydrogen-bond donors (Lipinski definition) is 3. The number of guanidine groups is 1. The summed E-state index contributed by atoms with van der Waals surface area (Å²) in [5.74, 6) is 0.541. The second kappa shape index (κ2) is 5.75. The number of anilines is 1. The van der Waals surface area contributed by atoms with Gasteiger partial charge in [0.1, 0.15) is 11.9 Å². The molecule has 1 aromatic carbocycles. The van der Waals surface area contributed by atoms with Crippen LogP contribution >= 0.6 is 0 Å². The van der Waals surface area contributed by atoms with Crippen molar-refractivity contribution in [3.8, 4) is 0 Å². The largest absolute Gasteiger partial charge is 0.324 e. The second-order valence-electron chi connectivity index (χ2n) is 5.89. The third-order valence-corrected chi connectivity index (χ3v) is 3.68. The van der Waals surface area contributed by atoms with E-state index in [0.717, 1.165) is 11.1 Å². The number of hydrogen-bond acceptors (Lipinski definition) is 5. The number of nitrogens with zero attached hydrogens (tertiary/aromatic N) is 2. The highest BCUT2D eigenvalue weighted by Crippen LogP contribution is 2.20. The molecule has 0 radical (unpaired) electrons. The predicted molar refractivity (Wildman–Crippen MR) is 87.1 cm³/mol. The average molecular weight is 313 g/mol. The molecule has 1 atom stereocenters. The molecule has 1 fully saturated rings. The number of hydrazine groups is 1. The topological polar surface area (TPSA) is 85.8 Å². The number of rotatable bonds is 2. The molecule has 0 spiro atoms. The summed E-state index contributed by atoms with van der Waals surface area (Å²) in [5.41, 5.74) is 5.81. The molecular weight excluding hydrogens is 294 g/mol. The van der Waals surface area contributed by atoms with E-state index in [1.54, 1.807) is 5.01 Å². The lowest BCUT2D eigenvalue weighted by Gasteiger charge is -2.32. The number of carbonyl (C=O) groups excluding carboxylic acids is 2. The summed E-state index contributed by atoms with van der Waals surface area (Å²) in [5, 5.41) is 7.15. The fourth-order valence-corrected chi connectivity index (χ4v) is 2.49. The van der Waals surface area contributed by atoms with Gasteiger partial charge in [-0.05, 0) is 44.0 Å². The Morgan fingerprint density at radius 1 is 1.39 bits per heavy atom. The highest BCUT2D eigenvalue weighted by molar-refractivity contribution is 6.07. The minimum absolute atomic E-state index is 0.0692. The Morgan fingerprint density at radius 2 is 2.17 bits per heavy atom. The number of benzene rings is 1. The zero-order valence-electron chi connectivity index (χ0n) is 13.3. The molecule has 2 heterocycles. The van der Waals surface area contributed by atoms with E-state index in [4.69, 9.17) is 0 Å². The molecule has 1 saturated heterocycles. The minimum atomic E-state index is -0.653.